The molecule has 5 nitrogen and oxygen atoms in total. The fourth-order valence-corrected chi connectivity index (χ4v) is 3.73. The third-order valence-corrected chi connectivity index (χ3v) is 5.28. The van der Waals surface area contributed by atoms with Crippen molar-refractivity contribution >= 4 is 28.6 Å². The summed E-state index contributed by atoms with van der Waals surface area (Å²) in [6.45, 7) is 1.02. The molecule has 0 radical (unpaired) electrons. The van der Waals surface area contributed by atoms with Gasteiger partial charge in [0.15, 0.2) is 0 Å². The molecule has 27 heavy (non-hydrogen) atoms. The van der Waals surface area contributed by atoms with Gasteiger partial charge < -0.3 is 14.7 Å². The Balaban J connectivity index is 1.48. The van der Waals surface area contributed by atoms with Crippen molar-refractivity contribution in [1.82, 2.24) is 9.88 Å². The molecular weight excluding hydrogens is 364 g/mol. The van der Waals surface area contributed by atoms with Crippen LogP contribution in [-0.4, -0.2) is 40.3 Å². The maximum Gasteiger partial charge on any atom is 0.407 e. The van der Waals surface area contributed by atoms with Gasteiger partial charge in [-0.15, -0.1) is 0 Å². The zero-order valence-corrected chi connectivity index (χ0v) is 15.4. The second-order valence-corrected chi connectivity index (χ2v) is 6.99. The summed E-state index contributed by atoms with van der Waals surface area (Å²) in [5.41, 5.74) is 2.73. The van der Waals surface area contributed by atoms with Crippen LogP contribution in [0.1, 0.15) is 12.8 Å². The molecule has 0 atom stereocenters. The molecule has 1 saturated heterocycles. The van der Waals surface area contributed by atoms with E-state index < -0.39 is 6.09 Å². The predicted octanol–water partition coefficient (Wildman–Crippen LogP) is 5.08. The lowest BCUT2D eigenvalue weighted by Gasteiger charge is -2.30. The summed E-state index contributed by atoms with van der Waals surface area (Å²) in [6.07, 6.45) is 2.33. The van der Waals surface area contributed by atoms with E-state index in [-0.39, 0.29) is 6.10 Å². The van der Waals surface area contributed by atoms with Crippen molar-refractivity contribution in [2.45, 2.75) is 18.9 Å². The number of amides is 1. The first-order chi connectivity index (χ1) is 13.1. The molecule has 1 aliphatic rings. The van der Waals surface area contributed by atoms with Gasteiger partial charge in [-0.25, -0.2) is 4.79 Å². The van der Waals surface area contributed by atoms with E-state index in [1.165, 1.54) is 4.90 Å². The minimum Gasteiger partial charge on any atom is -0.490 e. The molecule has 1 aromatic heterocycles. The summed E-state index contributed by atoms with van der Waals surface area (Å²) >= 11 is 6.56. The number of carbonyl (C=O) groups is 1. The Bertz CT molecular complexity index is 967. The van der Waals surface area contributed by atoms with Crippen molar-refractivity contribution in [2.24, 2.45) is 0 Å². The number of carboxylic acid groups (broad SMARTS) is 1. The van der Waals surface area contributed by atoms with Gasteiger partial charge in [-0.1, -0.05) is 41.9 Å². The van der Waals surface area contributed by atoms with Crippen molar-refractivity contribution < 1.29 is 14.6 Å². The third-order valence-electron chi connectivity index (χ3n) is 4.89. The largest absolute Gasteiger partial charge is 0.490 e. The molecule has 1 fully saturated rings. The predicted molar refractivity (Wildman–Crippen MR) is 105 cm³/mol. The van der Waals surface area contributed by atoms with E-state index in [2.05, 4.69) is 4.98 Å². The average Bonchev–Trinajstić information content (AvgIpc) is 2.70. The summed E-state index contributed by atoms with van der Waals surface area (Å²) in [6, 6.07) is 15.7. The Labute approximate surface area is 162 Å². The number of hydrogen-bond acceptors (Lipinski definition) is 3. The Morgan fingerprint density at radius 3 is 2.56 bits per heavy atom. The zero-order chi connectivity index (χ0) is 18.8. The van der Waals surface area contributed by atoms with E-state index in [0.717, 1.165) is 27.8 Å². The van der Waals surface area contributed by atoms with Gasteiger partial charge in [-0.05, 0) is 23.8 Å². The number of piperidine rings is 1. The molecule has 1 N–H and O–H groups in total. The molecule has 1 amide bonds. The van der Waals surface area contributed by atoms with E-state index >= 15 is 0 Å². The van der Waals surface area contributed by atoms with E-state index in [1.54, 1.807) is 6.20 Å². The quantitative estimate of drug-likeness (QED) is 0.686. The molecule has 1 aliphatic heterocycles. The molecule has 2 aromatic carbocycles. The number of aromatic nitrogens is 1. The normalized spacial score (nSPS) is 15.1. The molecule has 6 heteroatoms. The monoisotopic (exact) mass is 382 g/mol. The first-order valence-corrected chi connectivity index (χ1v) is 9.28. The Morgan fingerprint density at radius 2 is 1.85 bits per heavy atom. The molecular formula is C21H19ClN2O3. The van der Waals surface area contributed by atoms with E-state index in [0.29, 0.717) is 31.0 Å². The number of pyridine rings is 1. The van der Waals surface area contributed by atoms with Crippen LogP contribution in [0, 0.1) is 0 Å². The first-order valence-electron chi connectivity index (χ1n) is 8.90. The van der Waals surface area contributed by atoms with Crippen LogP contribution in [-0.2, 0) is 0 Å². The molecule has 0 aliphatic carbocycles. The fourth-order valence-electron chi connectivity index (χ4n) is 3.40. The molecule has 3 aromatic rings. The lowest BCUT2D eigenvalue weighted by molar-refractivity contribution is 0.0895. The number of likely N-dealkylation sites (tertiary alicyclic amines) is 1. The van der Waals surface area contributed by atoms with Crippen LogP contribution in [0.3, 0.4) is 0 Å². The number of halogens is 1. The smallest absolute Gasteiger partial charge is 0.407 e. The molecule has 138 valence electrons. The maximum atomic E-state index is 11.0. The topological polar surface area (TPSA) is 62.7 Å². The van der Waals surface area contributed by atoms with Crippen LogP contribution in [0.2, 0.25) is 5.02 Å². The van der Waals surface area contributed by atoms with Gasteiger partial charge in [-0.2, -0.15) is 0 Å². The van der Waals surface area contributed by atoms with Gasteiger partial charge in [0.2, 0.25) is 0 Å². The summed E-state index contributed by atoms with van der Waals surface area (Å²) in [5, 5.41) is 10.7. The number of hydrogen-bond donors (Lipinski definition) is 1. The minimum atomic E-state index is -0.862. The molecule has 4 rings (SSSR count). The lowest BCUT2D eigenvalue weighted by Crippen LogP contribution is -2.41. The second kappa shape index (κ2) is 7.45. The Hall–Kier alpha value is -2.79. The second-order valence-electron chi connectivity index (χ2n) is 6.61. The minimum absolute atomic E-state index is 0.0416. The average molecular weight is 383 g/mol. The molecule has 2 heterocycles. The fraction of sp³-hybridized carbons (Fsp3) is 0.238. The number of fused-ring (bicyclic) bond motifs is 1. The highest BCUT2D eigenvalue weighted by Gasteiger charge is 2.23. The van der Waals surface area contributed by atoms with Crippen LogP contribution >= 0.6 is 11.6 Å². The first kappa shape index (κ1) is 17.6. The number of nitrogens with zero attached hydrogens (tertiary/aromatic N) is 2. The van der Waals surface area contributed by atoms with Crippen molar-refractivity contribution in [3.8, 4) is 16.9 Å². The van der Waals surface area contributed by atoms with Crippen molar-refractivity contribution in [2.75, 3.05) is 13.1 Å². The van der Waals surface area contributed by atoms with Gasteiger partial charge >= 0.3 is 6.09 Å². The van der Waals surface area contributed by atoms with Crippen molar-refractivity contribution in [3.05, 3.63) is 59.8 Å². The van der Waals surface area contributed by atoms with E-state index in [9.17, 15) is 4.79 Å². The van der Waals surface area contributed by atoms with Gasteiger partial charge in [0.1, 0.15) is 11.9 Å². The van der Waals surface area contributed by atoms with Crippen LogP contribution in [0.5, 0.6) is 5.75 Å². The third kappa shape index (κ3) is 3.69. The summed E-state index contributed by atoms with van der Waals surface area (Å²) in [5.74, 6) is 0.780. The Morgan fingerprint density at radius 1 is 1.11 bits per heavy atom. The number of rotatable bonds is 3. The van der Waals surface area contributed by atoms with Crippen molar-refractivity contribution in [1.29, 1.82) is 0 Å². The van der Waals surface area contributed by atoms with E-state index in [1.807, 2.05) is 48.5 Å². The highest BCUT2D eigenvalue weighted by atomic mass is 35.5. The van der Waals surface area contributed by atoms with Gasteiger partial charge in [-0.3, -0.25) is 4.98 Å². The summed E-state index contributed by atoms with van der Waals surface area (Å²) < 4.78 is 6.01. The van der Waals surface area contributed by atoms with Crippen LogP contribution in [0.15, 0.2) is 54.7 Å². The van der Waals surface area contributed by atoms with E-state index in [4.69, 9.17) is 21.4 Å². The Kier molecular flexibility index (Phi) is 4.86. The standard InChI is InChI=1S/C21H19ClN2O3/c22-19-18(8-5-15-2-1-11-23-20(15)19)14-3-6-16(7-4-14)27-17-9-12-24(13-10-17)21(25)26/h1-8,11,17H,9-10,12-13H2,(H,25,26). The van der Waals surface area contributed by atoms with Crippen molar-refractivity contribution in [3.63, 3.8) is 0 Å². The summed E-state index contributed by atoms with van der Waals surface area (Å²) in [7, 11) is 0. The lowest BCUT2D eigenvalue weighted by atomic mass is 10.0. The van der Waals surface area contributed by atoms with Gasteiger partial charge in [0.25, 0.3) is 0 Å². The molecule has 0 unspecified atom stereocenters. The highest BCUT2D eigenvalue weighted by Crippen LogP contribution is 2.34. The highest BCUT2D eigenvalue weighted by molar-refractivity contribution is 6.37. The van der Waals surface area contributed by atoms with Crippen LogP contribution < -0.4 is 4.74 Å². The summed E-state index contributed by atoms with van der Waals surface area (Å²) in [4.78, 5) is 16.8. The molecule has 0 spiro atoms. The molecule has 0 saturated carbocycles. The SMILES string of the molecule is O=C(O)N1CCC(Oc2ccc(-c3ccc4cccnc4c3Cl)cc2)CC1. The zero-order valence-electron chi connectivity index (χ0n) is 14.6. The van der Waals surface area contributed by atoms with Gasteiger partial charge in [0.05, 0.1) is 10.5 Å². The number of ether oxygens (including phenoxy) is 1. The van der Waals surface area contributed by atoms with Gasteiger partial charge in [0, 0.05) is 43.1 Å². The maximum absolute atomic E-state index is 11.0. The molecule has 0 bridgehead atoms. The van der Waals surface area contributed by atoms with Crippen LogP contribution in [0.4, 0.5) is 4.79 Å². The van der Waals surface area contributed by atoms with Crippen LogP contribution in [0.25, 0.3) is 22.0 Å². The number of benzene rings is 2.